The first-order valence-corrected chi connectivity index (χ1v) is 5.59. The van der Waals surface area contributed by atoms with Crippen molar-refractivity contribution < 1.29 is 19.5 Å². The van der Waals surface area contributed by atoms with Crippen molar-refractivity contribution in [2.45, 2.75) is 6.54 Å². The van der Waals surface area contributed by atoms with Crippen molar-refractivity contribution in [3.63, 3.8) is 0 Å². The highest BCUT2D eigenvalue weighted by molar-refractivity contribution is 6.04. The van der Waals surface area contributed by atoms with E-state index in [-0.39, 0.29) is 12.2 Å². The number of hydrogen-bond donors (Lipinski definition) is 2. The molecule has 0 saturated carbocycles. The van der Waals surface area contributed by atoms with Crippen molar-refractivity contribution in [3.8, 4) is 0 Å². The molecule has 0 atom stereocenters. The van der Waals surface area contributed by atoms with Crippen LogP contribution in [0.1, 0.15) is 20.8 Å². The third-order valence-corrected chi connectivity index (χ3v) is 2.35. The zero-order valence-corrected chi connectivity index (χ0v) is 10.2. The summed E-state index contributed by atoms with van der Waals surface area (Å²) < 4.78 is 1.04. The number of benzene rings is 1. The van der Waals surface area contributed by atoms with Crippen LogP contribution in [-0.4, -0.2) is 37.9 Å². The predicted octanol–water partition coefficient (Wildman–Crippen LogP) is -0.0671. The second-order valence-corrected chi connectivity index (χ2v) is 3.85. The highest BCUT2D eigenvalue weighted by Crippen LogP contribution is 1.98. The van der Waals surface area contributed by atoms with Crippen LogP contribution < -0.4 is 5.32 Å². The lowest BCUT2D eigenvalue weighted by atomic mass is 10.2. The maximum absolute atomic E-state index is 11.7. The molecule has 1 aromatic carbocycles. The Morgan fingerprint density at radius 2 is 1.90 bits per heavy atom. The Labute approximate surface area is 113 Å². The van der Waals surface area contributed by atoms with Crippen LogP contribution in [0, 0.1) is 0 Å². The normalized spacial score (nSPS) is 10.0. The molecule has 0 aliphatic heterocycles. The summed E-state index contributed by atoms with van der Waals surface area (Å²) in [5.74, 6) is -2.38. The van der Waals surface area contributed by atoms with E-state index in [4.69, 9.17) is 5.11 Å². The van der Waals surface area contributed by atoms with Crippen molar-refractivity contribution in [1.29, 1.82) is 0 Å². The minimum Gasteiger partial charge on any atom is -0.476 e. The highest BCUT2D eigenvalue weighted by atomic mass is 16.4. The largest absolute Gasteiger partial charge is 0.476 e. The van der Waals surface area contributed by atoms with Gasteiger partial charge in [-0.3, -0.25) is 14.9 Å². The van der Waals surface area contributed by atoms with Crippen LogP contribution in [0.25, 0.3) is 0 Å². The topological polar surface area (TPSA) is 114 Å². The number of imide groups is 1. The summed E-state index contributed by atoms with van der Waals surface area (Å²) >= 11 is 0. The average molecular weight is 274 g/mol. The number of carbonyl (C=O) groups is 3. The molecule has 20 heavy (non-hydrogen) atoms. The standard InChI is InChI=1S/C12H10N4O4/c17-10(7-16-6-9(12(19)20)14-15-16)13-11(18)8-4-2-1-3-5-8/h1-6H,7H2,(H,19,20)(H,13,17,18). The number of carbonyl (C=O) groups excluding carboxylic acids is 2. The van der Waals surface area contributed by atoms with Crippen LogP contribution in [-0.2, 0) is 11.3 Å². The average Bonchev–Trinajstić information content (AvgIpc) is 2.88. The fraction of sp³-hybridized carbons (Fsp3) is 0.0833. The van der Waals surface area contributed by atoms with Gasteiger partial charge in [-0.25, -0.2) is 9.48 Å². The molecule has 0 radical (unpaired) electrons. The quantitative estimate of drug-likeness (QED) is 0.806. The van der Waals surface area contributed by atoms with E-state index in [2.05, 4.69) is 15.6 Å². The second kappa shape index (κ2) is 5.74. The molecule has 0 unspecified atom stereocenters. The highest BCUT2D eigenvalue weighted by Gasteiger charge is 2.13. The summed E-state index contributed by atoms with van der Waals surface area (Å²) in [6.07, 6.45) is 1.11. The maximum Gasteiger partial charge on any atom is 0.358 e. The molecule has 1 aromatic heterocycles. The summed E-state index contributed by atoms with van der Waals surface area (Å²) in [6, 6.07) is 8.24. The van der Waals surface area contributed by atoms with Gasteiger partial charge in [0.05, 0.1) is 6.20 Å². The molecule has 0 bridgehead atoms. The lowest BCUT2D eigenvalue weighted by Crippen LogP contribution is -2.33. The van der Waals surface area contributed by atoms with Crippen molar-refractivity contribution in [2.24, 2.45) is 0 Å². The number of carboxylic acids is 1. The van der Waals surface area contributed by atoms with Gasteiger partial charge in [-0.1, -0.05) is 23.4 Å². The molecule has 2 aromatic rings. The molecule has 1 heterocycles. The molecule has 2 amide bonds. The molecule has 0 fully saturated rings. The number of rotatable bonds is 4. The van der Waals surface area contributed by atoms with Gasteiger partial charge in [0.25, 0.3) is 5.91 Å². The number of hydrogen-bond acceptors (Lipinski definition) is 5. The van der Waals surface area contributed by atoms with Gasteiger partial charge >= 0.3 is 5.97 Å². The van der Waals surface area contributed by atoms with Crippen molar-refractivity contribution in [1.82, 2.24) is 20.3 Å². The first kappa shape index (κ1) is 13.4. The summed E-state index contributed by atoms with van der Waals surface area (Å²) in [4.78, 5) is 33.9. The SMILES string of the molecule is O=C(Cn1cc(C(=O)O)nn1)NC(=O)c1ccccc1. The van der Waals surface area contributed by atoms with Crippen molar-refractivity contribution in [3.05, 3.63) is 47.8 Å². The number of nitrogens with zero attached hydrogens (tertiary/aromatic N) is 3. The fourth-order valence-electron chi connectivity index (χ4n) is 1.45. The van der Waals surface area contributed by atoms with Crippen LogP contribution in [0.5, 0.6) is 0 Å². The molecule has 0 spiro atoms. The molecule has 2 rings (SSSR count). The molecule has 0 aliphatic rings. The van der Waals surface area contributed by atoms with E-state index in [0.29, 0.717) is 5.56 Å². The van der Waals surface area contributed by atoms with E-state index in [9.17, 15) is 14.4 Å². The number of carboxylic acid groups (broad SMARTS) is 1. The lowest BCUT2D eigenvalue weighted by Gasteiger charge is -2.03. The van der Waals surface area contributed by atoms with Gasteiger partial charge in [0.2, 0.25) is 5.91 Å². The Kier molecular flexibility index (Phi) is 3.85. The van der Waals surface area contributed by atoms with E-state index in [1.807, 2.05) is 0 Å². The second-order valence-electron chi connectivity index (χ2n) is 3.85. The maximum atomic E-state index is 11.7. The minimum atomic E-state index is -1.24. The Balaban J connectivity index is 1.95. The summed E-state index contributed by atoms with van der Waals surface area (Å²) in [5, 5.41) is 17.7. The zero-order valence-electron chi connectivity index (χ0n) is 10.2. The molecular formula is C12H10N4O4. The molecule has 8 heteroatoms. The van der Waals surface area contributed by atoms with Gasteiger partial charge in [0.1, 0.15) is 6.54 Å². The van der Waals surface area contributed by atoms with Gasteiger partial charge in [-0.15, -0.1) is 5.10 Å². The zero-order chi connectivity index (χ0) is 14.5. The van der Waals surface area contributed by atoms with Gasteiger partial charge < -0.3 is 5.11 Å². The van der Waals surface area contributed by atoms with Crippen molar-refractivity contribution >= 4 is 17.8 Å². The molecular weight excluding hydrogens is 264 g/mol. The fourth-order valence-corrected chi connectivity index (χ4v) is 1.45. The number of aromatic carboxylic acids is 1. The molecule has 102 valence electrons. The van der Waals surface area contributed by atoms with Crippen LogP contribution in [0.3, 0.4) is 0 Å². The van der Waals surface area contributed by atoms with E-state index >= 15 is 0 Å². The van der Waals surface area contributed by atoms with Crippen LogP contribution in [0.4, 0.5) is 0 Å². The Morgan fingerprint density at radius 3 is 2.50 bits per heavy atom. The smallest absolute Gasteiger partial charge is 0.358 e. The first-order chi connectivity index (χ1) is 9.56. The Hall–Kier alpha value is -3.03. The van der Waals surface area contributed by atoms with E-state index < -0.39 is 17.8 Å². The summed E-state index contributed by atoms with van der Waals surface area (Å²) in [6.45, 7) is -0.293. The van der Waals surface area contributed by atoms with E-state index in [0.717, 1.165) is 10.9 Å². The predicted molar refractivity (Wildman–Crippen MR) is 65.9 cm³/mol. The first-order valence-electron chi connectivity index (χ1n) is 5.59. The van der Waals surface area contributed by atoms with Gasteiger partial charge in [0.15, 0.2) is 5.69 Å². The van der Waals surface area contributed by atoms with E-state index in [1.165, 1.54) is 0 Å². The van der Waals surface area contributed by atoms with Gasteiger partial charge in [-0.05, 0) is 12.1 Å². The van der Waals surface area contributed by atoms with Crippen LogP contribution >= 0.6 is 0 Å². The summed E-state index contributed by atoms with van der Waals surface area (Å²) in [5.41, 5.74) is 0.0813. The molecule has 8 nitrogen and oxygen atoms in total. The van der Waals surface area contributed by atoms with Crippen LogP contribution in [0.2, 0.25) is 0 Å². The number of aromatic nitrogens is 3. The minimum absolute atomic E-state index is 0.271. The lowest BCUT2D eigenvalue weighted by molar-refractivity contribution is -0.120. The summed E-state index contributed by atoms with van der Waals surface area (Å²) in [7, 11) is 0. The monoisotopic (exact) mass is 274 g/mol. The molecule has 0 aliphatic carbocycles. The number of amides is 2. The number of nitrogens with one attached hydrogen (secondary N) is 1. The van der Waals surface area contributed by atoms with Gasteiger partial charge in [0, 0.05) is 5.56 Å². The van der Waals surface area contributed by atoms with Crippen molar-refractivity contribution in [2.75, 3.05) is 0 Å². The third kappa shape index (κ3) is 3.25. The van der Waals surface area contributed by atoms with Crippen LogP contribution in [0.15, 0.2) is 36.5 Å². The molecule has 2 N–H and O–H groups in total. The van der Waals surface area contributed by atoms with Gasteiger partial charge in [-0.2, -0.15) is 0 Å². The van der Waals surface area contributed by atoms with E-state index in [1.54, 1.807) is 30.3 Å². The molecule has 0 saturated heterocycles. The Bertz CT molecular complexity index is 650. The Morgan fingerprint density at radius 1 is 1.20 bits per heavy atom. The third-order valence-electron chi connectivity index (χ3n) is 2.35.